The Morgan fingerprint density at radius 1 is 1.03 bits per heavy atom. The van der Waals surface area contributed by atoms with Gasteiger partial charge in [-0.2, -0.15) is 0 Å². The minimum atomic E-state index is -1.17. The van der Waals surface area contributed by atoms with Gasteiger partial charge in [-0.25, -0.2) is 0 Å². The van der Waals surface area contributed by atoms with Crippen LogP contribution in [0.3, 0.4) is 0 Å². The number of nitrogens with zero attached hydrogens (tertiary/aromatic N) is 3. The molecular weight excluding hydrogens is 430 g/mol. The zero-order chi connectivity index (χ0) is 24.1. The molecule has 2 N–H and O–H groups in total. The summed E-state index contributed by atoms with van der Waals surface area (Å²) < 4.78 is 13.3. The number of aliphatic hydroxyl groups excluding tert-OH is 1. The van der Waals surface area contributed by atoms with Crippen LogP contribution in [0.2, 0.25) is 0 Å². The average Bonchev–Trinajstić information content (AvgIpc) is 3.23. The smallest absolute Gasteiger partial charge is 0.171 e. The zero-order valence-electron chi connectivity index (χ0n) is 21.3. The molecule has 0 aromatic carbocycles. The molecule has 7 nitrogen and oxygen atoms in total. The highest BCUT2D eigenvalue weighted by atomic mass is 16.7. The zero-order valence-corrected chi connectivity index (χ0v) is 21.3. The number of fused-ring (bicyclic) bond motifs is 7. The van der Waals surface area contributed by atoms with Crippen molar-refractivity contribution in [3.63, 3.8) is 0 Å². The summed E-state index contributed by atoms with van der Waals surface area (Å²) in [7, 11) is 0. The quantitative estimate of drug-likeness (QED) is 0.310. The van der Waals surface area contributed by atoms with Crippen LogP contribution in [0.5, 0.6) is 0 Å². The number of hydrogen-bond donors (Lipinski definition) is 2. The summed E-state index contributed by atoms with van der Waals surface area (Å²) in [5, 5.41) is 27.2. The third-order valence-corrected chi connectivity index (χ3v) is 12.3. The van der Waals surface area contributed by atoms with E-state index >= 15 is 0 Å². The molecule has 7 heteroatoms. The molecule has 0 unspecified atom stereocenters. The number of hydrogen-bond acceptors (Lipinski definition) is 5. The molecule has 0 amide bonds. The van der Waals surface area contributed by atoms with Crippen LogP contribution < -0.4 is 0 Å². The molecule has 0 radical (unpaired) electrons. The Hall–Kier alpha value is -0.850. The molecule has 6 fully saturated rings. The molecule has 34 heavy (non-hydrogen) atoms. The van der Waals surface area contributed by atoms with E-state index in [0.717, 1.165) is 45.1 Å². The summed E-state index contributed by atoms with van der Waals surface area (Å²) in [4.78, 5) is 3.00. The Morgan fingerprint density at radius 3 is 2.53 bits per heavy atom. The molecule has 4 saturated carbocycles. The summed E-state index contributed by atoms with van der Waals surface area (Å²) >= 11 is 0. The van der Waals surface area contributed by atoms with Gasteiger partial charge >= 0.3 is 0 Å². The Labute approximate surface area is 203 Å². The van der Waals surface area contributed by atoms with E-state index in [9.17, 15) is 10.2 Å². The lowest BCUT2D eigenvalue weighted by atomic mass is 9.42. The van der Waals surface area contributed by atoms with Crippen LogP contribution in [-0.4, -0.2) is 46.5 Å². The van der Waals surface area contributed by atoms with E-state index in [1.54, 1.807) is 0 Å². The van der Waals surface area contributed by atoms with Crippen LogP contribution in [0.15, 0.2) is 5.11 Å². The molecule has 6 aliphatic rings. The summed E-state index contributed by atoms with van der Waals surface area (Å²) in [5.41, 5.74) is 7.62. The molecule has 0 aromatic heterocycles. The van der Waals surface area contributed by atoms with Crippen LogP contribution in [0.25, 0.3) is 10.4 Å². The molecule has 2 aliphatic heterocycles. The van der Waals surface area contributed by atoms with Crippen molar-refractivity contribution in [3.8, 4) is 0 Å². The van der Waals surface area contributed by atoms with Crippen molar-refractivity contribution in [2.75, 3.05) is 6.61 Å². The average molecular weight is 474 g/mol. The highest BCUT2D eigenvalue weighted by molar-refractivity contribution is 5.20. The van der Waals surface area contributed by atoms with E-state index in [0.29, 0.717) is 48.3 Å². The topological polar surface area (TPSA) is 108 Å². The van der Waals surface area contributed by atoms with Crippen molar-refractivity contribution >= 4 is 0 Å². The van der Waals surface area contributed by atoms with Gasteiger partial charge in [0.15, 0.2) is 5.79 Å². The number of rotatable bonds is 1. The maximum Gasteiger partial charge on any atom is 0.171 e. The molecule has 1 spiro atoms. The molecule has 4 aliphatic carbocycles. The molecule has 0 aromatic rings. The van der Waals surface area contributed by atoms with Crippen molar-refractivity contribution in [1.82, 2.24) is 0 Å². The normalized spacial score (nSPS) is 60.6. The number of azide groups is 1. The fourth-order valence-electron chi connectivity index (χ4n) is 10.4. The van der Waals surface area contributed by atoms with Gasteiger partial charge in [-0.15, -0.1) is 0 Å². The van der Waals surface area contributed by atoms with Crippen molar-refractivity contribution in [2.24, 2.45) is 51.5 Å². The number of aliphatic hydroxyl groups is 2. The minimum Gasteiger partial charge on any atom is -0.390 e. The predicted octanol–water partition coefficient (Wildman–Crippen LogP) is 5.20. The molecular formula is C27H43N3O4. The summed E-state index contributed by atoms with van der Waals surface area (Å²) in [6.45, 7) is 10.1. The van der Waals surface area contributed by atoms with Gasteiger partial charge in [-0.3, -0.25) is 0 Å². The first kappa shape index (κ1) is 23.5. The van der Waals surface area contributed by atoms with Crippen LogP contribution >= 0.6 is 0 Å². The highest BCUT2D eigenvalue weighted by Crippen LogP contribution is 2.72. The Balaban J connectivity index is 1.28. The van der Waals surface area contributed by atoms with Gasteiger partial charge in [-0.05, 0) is 91.9 Å². The Morgan fingerprint density at radius 2 is 1.82 bits per heavy atom. The number of ether oxygens (including phenoxy) is 2. The standard InChI is InChI=1S/C27H43N3O4/c1-15-5-10-27(33-14-15)16(2)23-21(34-27)12-20-18-11-22(31)26(32)13-17(29-30-28)6-9-25(26,4)19(18)7-8-24(20,23)3/h15-23,31-32H,5-14H2,1-4H3/t15-,16+,17-,18-,19+,20+,21+,22-,23+,24+,25-,26+,27-/m1/s1. The van der Waals surface area contributed by atoms with Gasteiger partial charge in [0.1, 0.15) is 0 Å². The van der Waals surface area contributed by atoms with Crippen molar-refractivity contribution in [1.29, 1.82) is 0 Å². The monoisotopic (exact) mass is 473 g/mol. The summed E-state index contributed by atoms with van der Waals surface area (Å²) in [5.74, 6) is 2.40. The minimum absolute atomic E-state index is 0.189. The second-order valence-corrected chi connectivity index (χ2v) is 13.6. The SMILES string of the molecule is C[C@@H]1CC[C@@]2(OC1)O[C@H]1C[C@H]3[C@@H]4C[C@@H](O)[C@@]5(O)C[C@H](N=[N+]=[N-])CC[C@]5(C)[C@H]4CC[C@]3(C)[C@H]1[C@@H]2C. The predicted molar refractivity (Wildman–Crippen MR) is 128 cm³/mol. The second kappa shape index (κ2) is 7.58. The maximum absolute atomic E-state index is 11.9. The molecule has 2 saturated heterocycles. The van der Waals surface area contributed by atoms with E-state index in [1.165, 1.54) is 6.42 Å². The summed E-state index contributed by atoms with van der Waals surface area (Å²) in [6.07, 6.45) is 7.58. The van der Waals surface area contributed by atoms with Crippen molar-refractivity contribution in [3.05, 3.63) is 10.4 Å². The molecule has 6 rings (SSSR count). The first-order chi connectivity index (χ1) is 16.1. The third-order valence-electron chi connectivity index (χ3n) is 12.3. The Kier molecular flexibility index (Phi) is 5.25. The van der Waals surface area contributed by atoms with Crippen molar-refractivity contribution in [2.45, 2.75) is 115 Å². The van der Waals surface area contributed by atoms with Crippen LogP contribution in [0.1, 0.15) is 85.5 Å². The lowest BCUT2D eigenvalue weighted by Gasteiger charge is -2.65. The second-order valence-electron chi connectivity index (χ2n) is 13.6. The van der Waals surface area contributed by atoms with Gasteiger partial charge in [0.25, 0.3) is 0 Å². The molecule has 190 valence electrons. The van der Waals surface area contributed by atoms with Gasteiger partial charge in [0.05, 0.1) is 24.4 Å². The largest absolute Gasteiger partial charge is 0.390 e. The van der Waals surface area contributed by atoms with Crippen LogP contribution in [0.4, 0.5) is 0 Å². The van der Waals surface area contributed by atoms with E-state index < -0.39 is 17.5 Å². The summed E-state index contributed by atoms with van der Waals surface area (Å²) in [6, 6.07) is -0.224. The van der Waals surface area contributed by atoms with Crippen LogP contribution in [-0.2, 0) is 9.47 Å². The first-order valence-corrected chi connectivity index (χ1v) is 13.8. The van der Waals surface area contributed by atoms with Crippen molar-refractivity contribution < 1.29 is 19.7 Å². The lowest BCUT2D eigenvalue weighted by Crippen LogP contribution is -2.68. The fourth-order valence-corrected chi connectivity index (χ4v) is 10.4. The van der Waals surface area contributed by atoms with Gasteiger partial charge in [-0.1, -0.05) is 32.8 Å². The highest BCUT2D eigenvalue weighted by Gasteiger charge is 2.71. The Bertz CT molecular complexity index is 885. The molecule has 0 bridgehead atoms. The maximum atomic E-state index is 11.9. The van der Waals surface area contributed by atoms with Crippen LogP contribution in [0, 0.1) is 46.3 Å². The van der Waals surface area contributed by atoms with E-state index in [-0.39, 0.29) is 23.0 Å². The molecule has 13 atom stereocenters. The van der Waals surface area contributed by atoms with E-state index in [2.05, 4.69) is 37.7 Å². The molecule has 2 heterocycles. The fraction of sp³-hybridized carbons (Fsp3) is 1.00. The lowest BCUT2D eigenvalue weighted by molar-refractivity contribution is -0.277. The van der Waals surface area contributed by atoms with Gasteiger partial charge in [0, 0.05) is 28.7 Å². The van der Waals surface area contributed by atoms with Gasteiger partial charge < -0.3 is 19.7 Å². The first-order valence-electron chi connectivity index (χ1n) is 13.8. The van der Waals surface area contributed by atoms with Gasteiger partial charge in [0.2, 0.25) is 0 Å². The van der Waals surface area contributed by atoms with E-state index in [4.69, 9.17) is 15.0 Å². The van der Waals surface area contributed by atoms with E-state index in [1.807, 2.05) is 0 Å². The third kappa shape index (κ3) is 2.88.